The molecule has 0 atom stereocenters. The van der Waals surface area contributed by atoms with Crippen LogP contribution in [-0.2, 0) is 0 Å². The average molecular weight is 286 g/mol. The van der Waals surface area contributed by atoms with Gasteiger partial charge in [-0.1, -0.05) is 48.5 Å². The van der Waals surface area contributed by atoms with Crippen LogP contribution in [0.3, 0.4) is 0 Å². The molecule has 20 heavy (non-hydrogen) atoms. The molecule has 0 aromatic heterocycles. The molecule has 0 aliphatic carbocycles. The van der Waals surface area contributed by atoms with Gasteiger partial charge in [0.2, 0.25) is 0 Å². The van der Waals surface area contributed by atoms with Crippen molar-refractivity contribution in [1.82, 2.24) is 16.0 Å². The van der Waals surface area contributed by atoms with Crippen LogP contribution < -0.4 is 16.0 Å². The van der Waals surface area contributed by atoms with Crippen LogP contribution in [0.2, 0.25) is 0 Å². The summed E-state index contributed by atoms with van der Waals surface area (Å²) in [5, 5.41) is 10.9. The molecule has 0 aromatic carbocycles. The fraction of sp³-hybridized carbons (Fsp3) is 1.00. The second kappa shape index (κ2) is 10.6. The monoisotopic (exact) mass is 285 g/mol. The topological polar surface area (TPSA) is 36.1 Å². The SMILES string of the molecule is CC(C)CNCC(C)(CNCC(C)C)CNCC(C)C. The van der Waals surface area contributed by atoms with E-state index in [1.807, 2.05) is 0 Å². The predicted octanol–water partition coefficient (Wildman–Crippen LogP) is 2.73. The Morgan fingerprint density at radius 2 is 0.850 bits per heavy atom. The van der Waals surface area contributed by atoms with Gasteiger partial charge in [0.25, 0.3) is 0 Å². The van der Waals surface area contributed by atoms with E-state index in [-0.39, 0.29) is 5.41 Å². The molecule has 0 radical (unpaired) electrons. The highest BCUT2D eigenvalue weighted by Gasteiger charge is 2.23. The standard InChI is InChI=1S/C17H39N3/c1-14(2)8-18-11-17(7,12-19-9-15(3)4)13-20-10-16(5)6/h14-16,18-20H,8-13H2,1-7H3. The lowest BCUT2D eigenvalue weighted by molar-refractivity contribution is 0.263. The highest BCUT2D eigenvalue weighted by molar-refractivity contribution is 4.82. The lowest BCUT2D eigenvalue weighted by Crippen LogP contribution is -2.48. The van der Waals surface area contributed by atoms with E-state index in [1.165, 1.54) is 0 Å². The van der Waals surface area contributed by atoms with E-state index < -0.39 is 0 Å². The van der Waals surface area contributed by atoms with Crippen molar-refractivity contribution >= 4 is 0 Å². The van der Waals surface area contributed by atoms with Crippen LogP contribution in [0.15, 0.2) is 0 Å². The Hall–Kier alpha value is -0.120. The van der Waals surface area contributed by atoms with E-state index >= 15 is 0 Å². The zero-order valence-corrected chi connectivity index (χ0v) is 15.0. The molecule has 0 heterocycles. The van der Waals surface area contributed by atoms with Crippen LogP contribution in [0.4, 0.5) is 0 Å². The molecule has 3 N–H and O–H groups in total. The van der Waals surface area contributed by atoms with Gasteiger partial charge in [0.05, 0.1) is 0 Å². The molecule has 0 rings (SSSR count). The molecule has 0 saturated heterocycles. The minimum absolute atomic E-state index is 0.276. The highest BCUT2D eigenvalue weighted by atomic mass is 15.0. The second-order valence-corrected chi connectivity index (χ2v) is 7.88. The minimum atomic E-state index is 0.276. The van der Waals surface area contributed by atoms with E-state index in [4.69, 9.17) is 0 Å². The van der Waals surface area contributed by atoms with Gasteiger partial charge in [0.1, 0.15) is 0 Å². The fourth-order valence-corrected chi connectivity index (χ4v) is 2.18. The molecule has 0 aromatic rings. The predicted molar refractivity (Wildman–Crippen MR) is 91.2 cm³/mol. The molecule has 0 bridgehead atoms. The van der Waals surface area contributed by atoms with Gasteiger partial charge in [-0.2, -0.15) is 0 Å². The Kier molecular flexibility index (Phi) is 10.5. The van der Waals surface area contributed by atoms with E-state index in [2.05, 4.69) is 64.4 Å². The summed E-state index contributed by atoms with van der Waals surface area (Å²) in [6.07, 6.45) is 0. The van der Waals surface area contributed by atoms with Crippen molar-refractivity contribution in [2.24, 2.45) is 23.2 Å². The maximum absolute atomic E-state index is 3.62. The van der Waals surface area contributed by atoms with Crippen LogP contribution in [-0.4, -0.2) is 39.3 Å². The zero-order valence-electron chi connectivity index (χ0n) is 15.0. The molecule has 122 valence electrons. The van der Waals surface area contributed by atoms with Gasteiger partial charge in [0.15, 0.2) is 0 Å². The summed E-state index contributed by atoms with van der Waals surface area (Å²) in [5.41, 5.74) is 0.276. The zero-order chi connectivity index (χ0) is 15.6. The van der Waals surface area contributed by atoms with Gasteiger partial charge in [-0.25, -0.2) is 0 Å². The smallest absolute Gasteiger partial charge is 0.00490 e. The van der Waals surface area contributed by atoms with Gasteiger partial charge >= 0.3 is 0 Å². The van der Waals surface area contributed by atoms with Crippen LogP contribution in [0.25, 0.3) is 0 Å². The molecular weight excluding hydrogens is 246 g/mol. The Morgan fingerprint density at radius 3 is 1.05 bits per heavy atom. The first-order chi connectivity index (χ1) is 9.25. The molecule has 3 heteroatoms. The maximum Gasteiger partial charge on any atom is 0.00490 e. The molecular formula is C17H39N3. The van der Waals surface area contributed by atoms with Crippen LogP contribution in [0.1, 0.15) is 48.5 Å². The van der Waals surface area contributed by atoms with Crippen molar-refractivity contribution in [1.29, 1.82) is 0 Å². The van der Waals surface area contributed by atoms with E-state index in [1.54, 1.807) is 0 Å². The molecule has 3 nitrogen and oxygen atoms in total. The van der Waals surface area contributed by atoms with E-state index in [0.29, 0.717) is 17.8 Å². The van der Waals surface area contributed by atoms with Crippen molar-refractivity contribution in [3.05, 3.63) is 0 Å². The summed E-state index contributed by atoms with van der Waals surface area (Å²) < 4.78 is 0. The molecule has 0 unspecified atom stereocenters. The average Bonchev–Trinajstić information content (AvgIpc) is 2.27. The number of hydrogen-bond acceptors (Lipinski definition) is 3. The fourth-order valence-electron chi connectivity index (χ4n) is 2.18. The summed E-state index contributed by atoms with van der Waals surface area (Å²) in [5.74, 6) is 2.14. The van der Waals surface area contributed by atoms with Gasteiger partial charge in [-0.3, -0.25) is 0 Å². The number of hydrogen-bond donors (Lipinski definition) is 3. The van der Waals surface area contributed by atoms with Crippen molar-refractivity contribution in [2.75, 3.05) is 39.3 Å². The Balaban J connectivity index is 4.18. The first kappa shape index (κ1) is 19.9. The molecule has 0 spiro atoms. The number of nitrogens with one attached hydrogen (secondary N) is 3. The summed E-state index contributed by atoms with van der Waals surface area (Å²) in [7, 11) is 0. The first-order valence-electron chi connectivity index (χ1n) is 8.37. The Bertz CT molecular complexity index is 188. The number of rotatable bonds is 12. The quantitative estimate of drug-likeness (QED) is 0.516. The van der Waals surface area contributed by atoms with Crippen molar-refractivity contribution < 1.29 is 0 Å². The second-order valence-electron chi connectivity index (χ2n) is 7.88. The first-order valence-corrected chi connectivity index (χ1v) is 8.37. The molecule has 0 aliphatic rings. The third-order valence-corrected chi connectivity index (χ3v) is 3.31. The Labute approximate surface area is 127 Å². The summed E-state index contributed by atoms with van der Waals surface area (Å²) in [6, 6.07) is 0. The third-order valence-electron chi connectivity index (χ3n) is 3.31. The van der Waals surface area contributed by atoms with Crippen molar-refractivity contribution in [2.45, 2.75) is 48.5 Å². The van der Waals surface area contributed by atoms with Crippen LogP contribution in [0, 0.1) is 23.2 Å². The van der Waals surface area contributed by atoms with E-state index in [0.717, 1.165) is 39.3 Å². The van der Waals surface area contributed by atoms with Crippen molar-refractivity contribution in [3.63, 3.8) is 0 Å². The highest BCUT2D eigenvalue weighted by Crippen LogP contribution is 2.13. The molecule has 0 fully saturated rings. The molecule has 0 aliphatic heterocycles. The maximum atomic E-state index is 3.62. The normalized spacial score (nSPS) is 12.9. The van der Waals surface area contributed by atoms with Crippen LogP contribution >= 0.6 is 0 Å². The van der Waals surface area contributed by atoms with Gasteiger partial charge in [-0.05, 0) is 37.4 Å². The molecule has 0 amide bonds. The van der Waals surface area contributed by atoms with Gasteiger partial charge in [0, 0.05) is 25.0 Å². The third kappa shape index (κ3) is 11.7. The lowest BCUT2D eigenvalue weighted by Gasteiger charge is -2.32. The lowest BCUT2D eigenvalue weighted by atomic mass is 9.89. The summed E-state index contributed by atoms with van der Waals surface area (Å²) >= 11 is 0. The minimum Gasteiger partial charge on any atom is -0.316 e. The van der Waals surface area contributed by atoms with Crippen molar-refractivity contribution in [3.8, 4) is 0 Å². The van der Waals surface area contributed by atoms with Gasteiger partial charge < -0.3 is 16.0 Å². The van der Waals surface area contributed by atoms with E-state index in [9.17, 15) is 0 Å². The van der Waals surface area contributed by atoms with Crippen LogP contribution in [0.5, 0.6) is 0 Å². The van der Waals surface area contributed by atoms with Gasteiger partial charge in [-0.15, -0.1) is 0 Å². The summed E-state index contributed by atoms with van der Waals surface area (Å²) in [6.45, 7) is 22.5. The summed E-state index contributed by atoms with van der Waals surface area (Å²) in [4.78, 5) is 0. The largest absolute Gasteiger partial charge is 0.316 e. The molecule has 0 saturated carbocycles. The Morgan fingerprint density at radius 1 is 0.600 bits per heavy atom.